The van der Waals surface area contributed by atoms with Gasteiger partial charge >= 0.3 is 0 Å². The Hall–Kier alpha value is -6.71. The Kier molecular flexibility index (Phi) is 5.80. The Morgan fingerprint density at radius 2 is 0.800 bits per heavy atom. The maximum atomic E-state index is 9.03. The molecule has 0 atom stereocenters. The van der Waals surface area contributed by atoms with Gasteiger partial charge in [-0.3, -0.25) is 0 Å². The molecule has 0 N–H and O–H groups in total. The summed E-state index contributed by atoms with van der Waals surface area (Å²) in [5.41, 5.74) is 7.48. The quantitative estimate of drug-likeness (QED) is 0.181. The largest absolute Gasteiger partial charge is 0.208 e. The van der Waals surface area contributed by atoms with E-state index in [-0.39, 0.29) is 33.8 Å². The SMILES string of the molecule is [2H]c1c([2H])c([2H])c2c(-c3nc(-c4ccc(-c5ccccc5)cc4)nc(-c4cccc(-c5ccc6cc(-c7ccccc7)ccc6c5)c4)n3)c([2H])c([2H])c([2H])c2c1[2H]. The van der Waals surface area contributed by atoms with Crippen molar-refractivity contribution in [2.24, 2.45) is 0 Å². The van der Waals surface area contributed by atoms with Crippen molar-refractivity contribution in [1.29, 1.82) is 0 Å². The summed E-state index contributed by atoms with van der Waals surface area (Å²) >= 11 is 0. The van der Waals surface area contributed by atoms with Gasteiger partial charge in [-0.2, -0.15) is 0 Å². The predicted molar refractivity (Wildman–Crippen MR) is 207 cm³/mol. The molecule has 0 aliphatic rings. The second-order valence-corrected chi connectivity index (χ2v) is 12.0. The average Bonchev–Trinajstić information content (AvgIpc) is 3.27. The van der Waals surface area contributed by atoms with Crippen LogP contribution in [0.5, 0.6) is 0 Å². The van der Waals surface area contributed by atoms with E-state index in [1.54, 1.807) is 0 Å². The maximum Gasteiger partial charge on any atom is 0.164 e. The van der Waals surface area contributed by atoms with Gasteiger partial charge in [-0.05, 0) is 73.1 Å². The second-order valence-electron chi connectivity index (χ2n) is 12.0. The smallest absolute Gasteiger partial charge is 0.164 e. The van der Waals surface area contributed by atoms with E-state index >= 15 is 0 Å². The molecule has 3 nitrogen and oxygen atoms in total. The molecule has 8 aromatic carbocycles. The Morgan fingerprint density at radius 3 is 1.52 bits per heavy atom. The minimum absolute atomic E-state index is 0.0407. The molecule has 1 heterocycles. The third kappa shape index (κ3) is 5.72. The summed E-state index contributed by atoms with van der Waals surface area (Å²) in [4.78, 5) is 14.6. The highest BCUT2D eigenvalue weighted by Gasteiger charge is 2.15. The van der Waals surface area contributed by atoms with Gasteiger partial charge in [0.1, 0.15) is 0 Å². The first-order chi connectivity index (χ1) is 27.7. The zero-order valence-corrected chi connectivity index (χ0v) is 26.7. The molecule has 3 heteroatoms. The number of rotatable bonds is 6. The molecule has 50 heavy (non-hydrogen) atoms. The number of nitrogens with zero attached hydrogens (tertiary/aromatic N) is 3. The predicted octanol–water partition coefficient (Wildman–Crippen LogP) is 12.2. The third-order valence-corrected chi connectivity index (χ3v) is 8.82. The zero-order chi connectivity index (χ0) is 39.4. The van der Waals surface area contributed by atoms with Crippen LogP contribution in [0.2, 0.25) is 0 Å². The number of hydrogen-bond donors (Lipinski definition) is 0. The molecule has 0 saturated carbocycles. The van der Waals surface area contributed by atoms with Crippen LogP contribution < -0.4 is 0 Å². The van der Waals surface area contributed by atoms with Gasteiger partial charge in [0.25, 0.3) is 0 Å². The van der Waals surface area contributed by atoms with E-state index in [9.17, 15) is 0 Å². The third-order valence-electron chi connectivity index (χ3n) is 8.82. The summed E-state index contributed by atoms with van der Waals surface area (Å²) in [7, 11) is 0. The molecular weight excluding hydrogens is 607 g/mol. The molecule has 0 spiro atoms. The van der Waals surface area contributed by atoms with E-state index in [1.165, 1.54) is 0 Å². The summed E-state index contributed by atoms with van der Waals surface area (Å²) in [5.74, 6) is 0.503. The van der Waals surface area contributed by atoms with Crippen LogP contribution in [0.15, 0.2) is 188 Å². The Balaban J connectivity index is 1.21. The Morgan fingerprint density at radius 1 is 0.320 bits per heavy atom. The summed E-state index contributed by atoms with van der Waals surface area (Å²) in [6.07, 6.45) is 0. The van der Waals surface area contributed by atoms with Gasteiger partial charge in [0.05, 0.1) is 9.60 Å². The van der Waals surface area contributed by atoms with Gasteiger partial charge in [0.15, 0.2) is 17.5 Å². The van der Waals surface area contributed by atoms with Gasteiger partial charge in [0, 0.05) is 16.7 Å². The fourth-order valence-corrected chi connectivity index (χ4v) is 6.24. The average molecular weight is 645 g/mol. The van der Waals surface area contributed by atoms with Gasteiger partial charge in [0.2, 0.25) is 0 Å². The lowest BCUT2D eigenvalue weighted by molar-refractivity contribution is 1.08. The molecular formula is C47H31N3. The van der Waals surface area contributed by atoms with Crippen LogP contribution >= 0.6 is 0 Å². The van der Waals surface area contributed by atoms with Crippen LogP contribution in [-0.4, -0.2) is 15.0 Å². The van der Waals surface area contributed by atoms with E-state index in [4.69, 9.17) is 24.5 Å². The van der Waals surface area contributed by atoms with Crippen molar-refractivity contribution in [3.8, 4) is 67.5 Å². The van der Waals surface area contributed by atoms with Crippen molar-refractivity contribution in [2.45, 2.75) is 0 Å². The first-order valence-corrected chi connectivity index (χ1v) is 16.3. The standard InChI is InChI=1S/C47H31N3/c1-3-11-32(12-4-1)34-21-23-36(24-22-34)45-48-46(50-47(49-45)44-20-10-16-35-15-7-8-19-43(35)44)42-18-9-17-37(31-42)39-27-28-40-29-38(25-26-41(40)30-39)33-13-5-2-6-14-33/h1-31H/i7D,8D,10D,15D,16D,19D,20D. The highest BCUT2D eigenvalue weighted by Crippen LogP contribution is 2.33. The van der Waals surface area contributed by atoms with Gasteiger partial charge in [-0.25, -0.2) is 15.0 Å². The first kappa shape index (κ1) is 22.8. The van der Waals surface area contributed by atoms with E-state index in [1.807, 2.05) is 97.1 Å². The highest BCUT2D eigenvalue weighted by molar-refractivity contribution is 5.95. The van der Waals surface area contributed by atoms with Crippen LogP contribution in [0.25, 0.3) is 89.1 Å². The van der Waals surface area contributed by atoms with Gasteiger partial charge < -0.3 is 0 Å². The summed E-state index contributed by atoms with van der Waals surface area (Å²) in [6, 6.07) is 45.2. The summed E-state index contributed by atoms with van der Waals surface area (Å²) in [6.45, 7) is 0. The molecule has 0 fully saturated rings. The molecule has 9 aromatic rings. The maximum absolute atomic E-state index is 9.03. The van der Waals surface area contributed by atoms with Gasteiger partial charge in [-0.1, -0.05) is 170 Å². The monoisotopic (exact) mass is 644 g/mol. The summed E-state index contributed by atoms with van der Waals surface area (Å²) in [5, 5.41) is 1.95. The fourth-order valence-electron chi connectivity index (χ4n) is 6.24. The molecule has 0 saturated heterocycles. The van der Waals surface area contributed by atoms with Gasteiger partial charge in [-0.15, -0.1) is 0 Å². The number of hydrogen-bond acceptors (Lipinski definition) is 3. The van der Waals surface area contributed by atoms with E-state index in [2.05, 4.69) is 48.5 Å². The normalized spacial score (nSPS) is 13.2. The van der Waals surface area contributed by atoms with Crippen LogP contribution in [0, 0.1) is 0 Å². The molecule has 234 valence electrons. The summed E-state index contributed by atoms with van der Waals surface area (Å²) < 4.78 is 60.6. The van der Waals surface area contributed by atoms with Crippen molar-refractivity contribution in [3.63, 3.8) is 0 Å². The lowest BCUT2D eigenvalue weighted by Gasteiger charge is -2.12. The lowest BCUT2D eigenvalue weighted by atomic mass is 9.97. The zero-order valence-electron chi connectivity index (χ0n) is 33.7. The molecule has 0 bridgehead atoms. The number of benzene rings is 8. The van der Waals surface area contributed by atoms with Crippen molar-refractivity contribution < 1.29 is 9.60 Å². The molecule has 0 unspecified atom stereocenters. The van der Waals surface area contributed by atoms with Crippen LogP contribution in [0.3, 0.4) is 0 Å². The highest BCUT2D eigenvalue weighted by atomic mass is 15.0. The van der Waals surface area contributed by atoms with Crippen molar-refractivity contribution in [3.05, 3.63) is 188 Å². The molecule has 0 amide bonds. The number of fused-ring (bicyclic) bond motifs is 2. The van der Waals surface area contributed by atoms with Crippen molar-refractivity contribution >= 4 is 21.5 Å². The van der Waals surface area contributed by atoms with Crippen molar-refractivity contribution in [1.82, 2.24) is 15.0 Å². The van der Waals surface area contributed by atoms with Crippen LogP contribution in [0.4, 0.5) is 0 Å². The lowest BCUT2D eigenvalue weighted by Crippen LogP contribution is -2.00. The molecule has 0 radical (unpaired) electrons. The number of aromatic nitrogens is 3. The molecule has 1 aromatic heterocycles. The van der Waals surface area contributed by atoms with Crippen LogP contribution in [-0.2, 0) is 0 Å². The van der Waals surface area contributed by atoms with Crippen LogP contribution in [0.1, 0.15) is 9.60 Å². The fraction of sp³-hybridized carbons (Fsp3) is 0. The molecule has 9 rings (SSSR count). The Bertz CT molecular complexity index is 3020. The minimum atomic E-state index is -0.526. The minimum Gasteiger partial charge on any atom is -0.208 e. The first-order valence-electron chi connectivity index (χ1n) is 19.8. The molecule has 0 aliphatic carbocycles. The topological polar surface area (TPSA) is 38.7 Å². The second kappa shape index (κ2) is 12.7. The van der Waals surface area contributed by atoms with Crippen molar-refractivity contribution in [2.75, 3.05) is 0 Å². The van der Waals surface area contributed by atoms with E-state index in [0.717, 1.165) is 44.2 Å². The Labute approximate surface area is 301 Å². The van der Waals surface area contributed by atoms with E-state index < -0.39 is 42.3 Å². The van der Waals surface area contributed by atoms with E-state index in [0.29, 0.717) is 11.1 Å². The molecule has 0 aliphatic heterocycles.